The van der Waals surface area contributed by atoms with E-state index in [1.165, 1.54) is 36.0 Å². The van der Waals surface area contributed by atoms with Crippen LogP contribution in [0.3, 0.4) is 0 Å². The molecule has 1 aromatic carbocycles. The van der Waals surface area contributed by atoms with E-state index in [-0.39, 0.29) is 24.6 Å². The first-order chi connectivity index (χ1) is 11.5. The van der Waals surface area contributed by atoms with Gasteiger partial charge in [-0.05, 0) is 18.4 Å². The lowest BCUT2D eigenvalue weighted by Gasteiger charge is -2.17. The van der Waals surface area contributed by atoms with Crippen LogP contribution in [0.1, 0.15) is 6.42 Å². The zero-order valence-electron chi connectivity index (χ0n) is 12.9. The maximum atomic E-state index is 12.0. The number of benzene rings is 1. The molecule has 9 nitrogen and oxygen atoms in total. The second kappa shape index (κ2) is 10.1. The molecule has 0 saturated heterocycles. The number of amides is 3. The van der Waals surface area contributed by atoms with Crippen LogP contribution >= 0.6 is 11.8 Å². The summed E-state index contributed by atoms with van der Waals surface area (Å²) in [6.07, 6.45) is 1.98. The molecule has 24 heavy (non-hydrogen) atoms. The maximum absolute atomic E-state index is 12.0. The first-order valence-electron chi connectivity index (χ1n) is 6.93. The molecular formula is C14H17N5O4S. The fourth-order valence-electron chi connectivity index (χ4n) is 1.71. The first kappa shape index (κ1) is 19.2. The fourth-order valence-corrected chi connectivity index (χ4v) is 2.27. The van der Waals surface area contributed by atoms with Crippen LogP contribution in [-0.2, 0) is 4.79 Å². The molecule has 0 bridgehead atoms. The van der Waals surface area contributed by atoms with Crippen molar-refractivity contribution in [3.8, 4) is 6.07 Å². The first-order valence-corrected chi connectivity index (χ1v) is 8.33. The monoisotopic (exact) mass is 351 g/mol. The Bertz CT molecular complexity index is 629. The molecule has 0 heterocycles. The van der Waals surface area contributed by atoms with Gasteiger partial charge in [-0.25, -0.2) is 4.79 Å². The van der Waals surface area contributed by atoms with Crippen molar-refractivity contribution in [2.24, 2.45) is 0 Å². The highest BCUT2D eigenvalue weighted by molar-refractivity contribution is 7.98. The van der Waals surface area contributed by atoms with Gasteiger partial charge in [-0.3, -0.25) is 14.9 Å². The number of nitro benzene ring substituents is 1. The number of carbonyl (C=O) groups is 2. The summed E-state index contributed by atoms with van der Waals surface area (Å²) in [7, 11) is 0. The number of nitrogens with zero attached hydrogens (tertiary/aromatic N) is 2. The summed E-state index contributed by atoms with van der Waals surface area (Å²) >= 11 is 1.39. The summed E-state index contributed by atoms with van der Waals surface area (Å²) < 4.78 is 0. The molecule has 128 valence electrons. The highest BCUT2D eigenvalue weighted by Crippen LogP contribution is 2.15. The second-order valence-corrected chi connectivity index (χ2v) is 5.52. The molecule has 10 heteroatoms. The standard InChI is InChI=1S/C14H17N5O4S/c1-24-9-12(13(20)16-8-2-7-15)18-14(21)17-10-3-5-11(6-4-10)19(22)23/h3-6,12H,2,8-9H2,1H3,(H,16,20)(H2,17,18,21). The highest BCUT2D eigenvalue weighted by atomic mass is 32.2. The van der Waals surface area contributed by atoms with Crippen molar-refractivity contribution in [2.45, 2.75) is 12.5 Å². The van der Waals surface area contributed by atoms with E-state index in [4.69, 9.17) is 5.26 Å². The zero-order valence-corrected chi connectivity index (χ0v) is 13.8. The third-order valence-corrected chi connectivity index (χ3v) is 3.49. The normalized spacial score (nSPS) is 11.0. The molecule has 0 spiro atoms. The number of anilines is 1. The van der Waals surface area contributed by atoms with E-state index in [0.717, 1.165) is 0 Å². The minimum atomic E-state index is -0.753. The molecular weight excluding hydrogens is 334 g/mol. The van der Waals surface area contributed by atoms with Crippen LogP contribution in [0.2, 0.25) is 0 Å². The van der Waals surface area contributed by atoms with E-state index in [1.807, 2.05) is 6.07 Å². The molecule has 1 atom stereocenters. The van der Waals surface area contributed by atoms with Crippen molar-refractivity contribution >= 4 is 35.1 Å². The number of hydrogen-bond acceptors (Lipinski definition) is 6. The van der Waals surface area contributed by atoms with Gasteiger partial charge < -0.3 is 16.0 Å². The predicted molar refractivity (Wildman–Crippen MR) is 90.7 cm³/mol. The molecule has 0 aliphatic rings. The van der Waals surface area contributed by atoms with Gasteiger partial charge in [-0.15, -0.1) is 0 Å². The lowest BCUT2D eigenvalue weighted by molar-refractivity contribution is -0.384. The molecule has 0 saturated carbocycles. The molecule has 0 aliphatic carbocycles. The van der Waals surface area contributed by atoms with E-state index in [1.54, 1.807) is 6.26 Å². The number of hydrogen-bond donors (Lipinski definition) is 3. The minimum absolute atomic E-state index is 0.0851. The van der Waals surface area contributed by atoms with Gasteiger partial charge >= 0.3 is 6.03 Å². The van der Waals surface area contributed by atoms with Crippen LogP contribution < -0.4 is 16.0 Å². The van der Waals surface area contributed by atoms with E-state index in [0.29, 0.717) is 11.4 Å². The quantitative estimate of drug-likeness (QED) is 0.368. The minimum Gasteiger partial charge on any atom is -0.353 e. The Kier molecular flexibility index (Phi) is 8.07. The van der Waals surface area contributed by atoms with Crippen molar-refractivity contribution in [3.05, 3.63) is 34.4 Å². The largest absolute Gasteiger partial charge is 0.353 e. The van der Waals surface area contributed by atoms with Crippen LogP contribution in [-0.4, -0.2) is 41.5 Å². The molecule has 0 fully saturated rings. The average molecular weight is 351 g/mol. The molecule has 0 radical (unpaired) electrons. The summed E-state index contributed by atoms with van der Waals surface area (Å²) in [5.41, 5.74) is 0.281. The third-order valence-electron chi connectivity index (χ3n) is 2.83. The van der Waals surface area contributed by atoms with Crippen LogP contribution in [0, 0.1) is 21.4 Å². The van der Waals surface area contributed by atoms with Crippen molar-refractivity contribution < 1.29 is 14.5 Å². The van der Waals surface area contributed by atoms with Gasteiger partial charge in [-0.2, -0.15) is 17.0 Å². The van der Waals surface area contributed by atoms with Gasteiger partial charge in [-0.1, -0.05) is 0 Å². The maximum Gasteiger partial charge on any atom is 0.319 e. The van der Waals surface area contributed by atoms with Crippen molar-refractivity contribution in [3.63, 3.8) is 0 Å². The molecule has 1 unspecified atom stereocenters. The van der Waals surface area contributed by atoms with E-state index in [2.05, 4.69) is 16.0 Å². The number of thioether (sulfide) groups is 1. The van der Waals surface area contributed by atoms with Gasteiger partial charge in [0.15, 0.2) is 0 Å². The second-order valence-electron chi connectivity index (χ2n) is 4.61. The molecule has 3 amide bonds. The Labute approximate surface area is 142 Å². The van der Waals surface area contributed by atoms with E-state index < -0.39 is 17.0 Å². The van der Waals surface area contributed by atoms with Gasteiger partial charge in [0, 0.05) is 30.1 Å². The van der Waals surface area contributed by atoms with Crippen LogP contribution in [0.4, 0.5) is 16.2 Å². The molecule has 0 aliphatic heterocycles. The van der Waals surface area contributed by atoms with Crippen LogP contribution in [0.25, 0.3) is 0 Å². The molecule has 3 N–H and O–H groups in total. The smallest absolute Gasteiger partial charge is 0.319 e. The Morgan fingerprint density at radius 3 is 2.58 bits per heavy atom. The lowest BCUT2D eigenvalue weighted by Crippen LogP contribution is -2.49. The summed E-state index contributed by atoms with van der Waals surface area (Å²) in [5.74, 6) is -0.00930. The van der Waals surface area contributed by atoms with Crippen LogP contribution in [0.15, 0.2) is 24.3 Å². The van der Waals surface area contributed by atoms with Crippen molar-refractivity contribution in [2.75, 3.05) is 23.9 Å². The average Bonchev–Trinajstić information content (AvgIpc) is 2.55. The SMILES string of the molecule is CSCC(NC(=O)Nc1ccc([N+](=O)[O-])cc1)C(=O)NCCC#N. The van der Waals surface area contributed by atoms with Crippen LogP contribution in [0.5, 0.6) is 0 Å². The number of urea groups is 1. The van der Waals surface area contributed by atoms with Crippen molar-refractivity contribution in [1.82, 2.24) is 10.6 Å². The topological polar surface area (TPSA) is 137 Å². The van der Waals surface area contributed by atoms with E-state index >= 15 is 0 Å². The van der Waals surface area contributed by atoms with Gasteiger partial charge in [0.05, 0.1) is 17.4 Å². The van der Waals surface area contributed by atoms with Crippen molar-refractivity contribution in [1.29, 1.82) is 5.26 Å². The lowest BCUT2D eigenvalue weighted by atomic mass is 10.3. The summed E-state index contributed by atoms with van der Waals surface area (Å²) in [5, 5.41) is 26.6. The number of non-ortho nitro benzene ring substituents is 1. The predicted octanol–water partition coefficient (Wildman–Crippen LogP) is 1.48. The fraction of sp³-hybridized carbons (Fsp3) is 0.357. The Morgan fingerprint density at radius 2 is 2.04 bits per heavy atom. The number of nitro groups is 1. The summed E-state index contributed by atoms with van der Waals surface area (Å²) in [6, 6.07) is 5.89. The summed E-state index contributed by atoms with van der Waals surface area (Å²) in [6.45, 7) is 0.214. The zero-order chi connectivity index (χ0) is 17.9. The third kappa shape index (κ3) is 6.53. The highest BCUT2D eigenvalue weighted by Gasteiger charge is 2.20. The Morgan fingerprint density at radius 1 is 1.38 bits per heavy atom. The van der Waals surface area contributed by atoms with Gasteiger partial charge in [0.25, 0.3) is 5.69 Å². The molecule has 1 rings (SSSR count). The number of nitrogens with one attached hydrogen (secondary N) is 3. The van der Waals surface area contributed by atoms with Gasteiger partial charge in [0.1, 0.15) is 6.04 Å². The number of carbonyl (C=O) groups excluding carboxylic acids is 2. The Hall–Kier alpha value is -2.80. The molecule has 1 aromatic rings. The molecule has 0 aromatic heterocycles. The number of nitriles is 1. The summed E-state index contributed by atoms with van der Waals surface area (Å²) in [4.78, 5) is 34.0. The van der Waals surface area contributed by atoms with E-state index in [9.17, 15) is 19.7 Å². The number of rotatable bonds is 8. The Balaban J connectivity index is 2.59. The van der Waals surface area contributed by atoms with Gasteiger partial charge in [0.2, 0.25) is 5.91 Å².